The number of rotatable bonds is 0. The average molecular weight is 134 g/mol. The van der Waals surface area contributed by atoms with Crippen LogP contribution in [0, 0.1) is 13.5 Å². The minimum Gasteiger partial charge on any atom is -0.380 e. The van der Waals surface area contributed by atoms with Crippen molar-refractivity contribution in [2.24, 2.45) is 0 Å². The van der Waals surface area contributed by atoms with Crippen molar-refractivity contribution in [2.75, 3.05) is 0 Å². The highest BCUT2D eigenvalue weighted by Crippen LogP contribution is 1.78. The van der Waals surface area contributed by atoms with Crippen LogP contribution in [0.5, 0.6) is 0 Å². The average Bonchev–Trinajstić information content (AvgIpc) is 2.27. The summed E-state index contributed by atoms with van der Waals surface area (Å²) < 4.78 is 0. The number of nitrogens with one attached hydrogen (secondary N) is 2. The van der Waals surface area contributed by atoms with Gasteiger partial charge in [-0.3, -0.25) is 0 Å². The number of hydrogen-bond donors (Lipinski definition) is 2. The van der Waals surface area contributed by atoms with Crippen molar-refractivity contribution in [1.82, 2.24) is 15.3 Å². The molecule has 0 saturated carbocycles. The summed E-state index contributed by atoms with van der Waals surface area (Å²) in [6, 6.07) is 0. The van der Waals surface area contributed by atoms with Crippen molar-refractivity contribution >= 4 is 12.3 Å². The molecule has 1 aromatic rings. The molecular weight excluding hydrogens is 126 g/mol. The standard InChI is InChI=1S/C7H8N3/c1-5-9-6-2-3-8-4-7(6)10-5/h2-4,8H,1H3,(H,9,10). The highest BCUT2D eigenvalue weighted by molar-refractivity contribution is 5.39. The molecule has 0 atom stereocenters. The Kier molecular flexibility index (Phi) is 1.03. The van der Waals surface area contributed by atoms with Gasteiger partial charge in [0.15, 0.2) is 0 Å². The van der Waals surface area contributed by atoms with Crippen LogP contribution in [0.3, 0.4) is 0 Å². The second-order valence-electron chi connectivity index (χ2n) is 2.27. The lowest BCUT2D eigenvalue weighted by molar-refractivity contribution is 1.13. The van der Waals surface area contributed by atoms with Crippen LogP contribution in [0.1, 0.15) is 5.82 Å². The Balaban J connectivity index is 2.83. The lowest BCUT2D eigenvalue weighted by Gasteiger charge is -1.94. The third-order valence-corrected chi connectivity index (χ3v) is 1.44. The van der Waals surface area contributed by atoms with Crippen LogP contribution in [0.4, 0.5) is 0 Å². The summed E-state index contributed by atoms with van der Waals surface area (Å²) in [6.45, 7) is 3.81. The summed E-state index contributed by atoms with van der Waals surface area (Å²) >= 11 is 0. The van der Waals surface area contributed by atoms with E-state index in [2.05, 4.69) is 15.3 Å². The summed E-state index contributed by atoms with van der Waals surface area (Å²) in [5.74, 6) is 0.953. The Morgan fingerprint density at radius 3 is 3.20 bits per heavy atom. The van der Waals surface area contributed by atoms with Crippen molar-refractivity contribution in [2.45, 2.75) is 6.92 Å². The number of aromatic nitrogens is 2. The molecule has 2 heterocycles. The topological polar surface area (TPSA) is 40.7 Å². The highest BCUT2D eigenvalue weighted by atomic mass is 14.9. The van der Waals surface area contributed by atoms with Crippen LogP contribution in [0.15, 0.2) is 0 Å². The van der Waals surface area contributed by atoms with Crippen LogP contribution in [0.25, 0.3) is 12.3 Å². The van der Waals surface area contributed by atoms with E-state index in [4.69, 9.17) is 0 Å². The molecule has 0 amide bonds. The molecule has 51 valence electrons. The zero-order valence-electron chi connectivity index (χ0n) is 5.68. The van der Waals surface area contributed by atoms with Crippen LogP contribution in [-0.4, -0.2) is 9.97 Å². The van der Waals surface area contributed by atoms with E-state index in [9.17, 15) is 0 Å². The number of imidazole rings is 1. The maximum atomic E-state index is 4.24. The molecule has 0 fully saturated rings. The van der Waals surface area contributed by atoms with Crippen molar-refractivity contribution < 1.29 is 0 Å². The quantitative estimate of drug-likeness (QED) is 0.478. The normalized spacial score (nSPS) is 14.5. The second kappa shape index (κ2) is 1.87. The number of hydrogen-bond acceptors (Lipinski definition) is 2. The van der Waals surface area contributed by atoms with Crippen molar-refractivity contribution in [3.8, 4) is 0 Å². The third kappa shape index (κ3) is 0.708. The Bertz CT molecular complexity index is 314. The van der Waals surface area contributed by atoms with E-state index in [1.54, 1.807) is 0 Å². The van der Waals surface area contributed by atoms with Crippen LogP contribution in [0.2, 0.25) is 0 Å². The minimum absolute atomic E-state index is 0.953. The SMILES string of the molecule is Cc1nc2c([nH]1)=CN[CH]C=2. The number of fused-ring (bicyclic) bond motifs is 1. The van der Waals surface area contributed by atoms with Crippen LogP contribution in [-0.2, 0) is 0 Å². The van der Waals surface area contributed by atoms with E-state index in [-0.39, 0.29) is 0 Å². The summed E-state index contributed by atoms with van der Waals surface area (Å²) in [4.78, 5) is 7.35. The summed E-state index contributed by atoms with van der Waals surface area (Å²) in [6.07, 6.45) is 3.84. The number of nitrogens with zero attached hydrogens (tertiary/aromatic N) is 1. The molecule has 1 aliphatic heterocycles. The highest BCUT2D eigenvalue weighted by Gasteiger charge is 1.95. The first-order valence-electron chi connectivity index (χ1n) is 3.19. The minimum atomic E-state index is 0.953. The first-order chi connectivity index (χ1) is 4.86. The molecule has 3 heteroatoms. The molecule has 0 aromatic carbocycles. The van der Waals surface area contributed by atoms with Crippen LogP contribution >= 0.6 is 0 Å². The van der Waals surface area contributed by atoms with Gasteiger partial charge in [0.05, 0.1) is 17.2 Å². The van der Waals surface area contributed by atoms with E-state index in [1.807, 2.05) is 25.7 Å². The zero-order chi connectivity index (χ0) is 6.97. The molecule has 1 aliphatic rings. The van der Waals surface area contributed by atoms with Gasteiger partial charge < -0.3 is 10.3 Å². The van der Waals surface area contributed by atoms with E-state index in [1.165, 1.54) is 0 Å². The molecule has 0 aliphatic carbocycles. The first kappa shape index (κ1) is 5.53. The molecular formula is C7H8N3. The predicted molar refractivity (Wildman–Crippen MR) is 38.9 cm³/mol. The van der Waals surface area contributed by atoms with E-state index >= 15 is 0 Å². The van der Waals surface area contributed by atoms with Gasteiger partial charge in [0.25, 0.3) is 0 Å². The third-order valence-electron chi connectivity index (χ3n) is 1.44. The maximum Gasteiger partial charge on any atom is 0.104 e. The fourth-order valence-electron chi connectivity index (χ4n) is 1.02. The van der Waals surface area contributed by atoms with Gasteiger partial charge in [0, 0.05) is 6.20 Å². The Labute approximate surface area is 58.5 Å². The molecule has 2 rings (SSSR count). The summed E-state index contributed by atoms with van der Waals surface area (Å²) in [5, 5.41) is 5.04. The molecule has 10 heavy (non-hydrogen) atoms. The van der Waals surface area contributed by atoms with Crippen molar-refractivity contribution in [3.63, 3.8) is 0 Å². The fraction of sp³-hybridized carbons (Fsp3) is 0.143. The zero-order valence-corrected chi connectivity index (χ0v) is 5.68. The summed E-state index contributed by atoms with van der Waals surface area (Å²) in [5.41, 5.74) is 0. The predicted octanol–water partition coefficient (Wildman–Crippen LogP) is -0.998. The molecule has 1 radical (unpaired) electrons. The van der Waals surface area contributed by atoms with E-state index in [0.717, 1.165) is 16.5 Å². The van der Waals surface area contributed by atoms with Gasteiger partial charge in [0.1, 0.15) is 5.82 Å². The molecule has 0 saturated heterocycles. The molecule has 1 aromatic heterocycles. The number of aromatic amines is 1. The molecule has 3 nitrogen and oxygen atoms in total. The summed E-state index contributed by atoms with van der Waals surface area (Å²) in [7, 11) is 0. The Hall–Kier alpha value is -1.25. The van der Waals surface area contributed by atoms with Gasteiger partial charge in [0.2, 0.25) is 0 Å². The van der Waals surface area contributed by atoms with E-state index in [0.29, 0.717) is 0 Å². The first-order valence-corrected chi connectivity index (χ1v) is 3.19. The molecule has 2 N–H and O–H groups in total. The fourth-order valence-corrected chi connectivity index (χ4v) is 1.02. The molecule has 0 bridgehead atoms. The number of aryl methyl sites for hydroxylation is 1. The van der Waals surface area contributed by atoms with Gasteiger partial charge in [-0.2, -0.15) is 0 Å². The lowest BCUT2D eigenvalue weighted by Crippen LogP contribution is -2.30. The van der Waals surface area contributed by atoms with Gasteiger partial charge in [-0.25, -0.2) is 4.98 Å². The second-order valence-corrected chi connectivity index (χ2v) is 2.27. The molecule has 0 unspecified atom stereocenters. The van der Waals surface area contributed by atoms with Crippen molar-refractivity contribution in [3.05, 3.63) is 23.1 Å². The monoisotopic (exact) mass is 134 g/mol. The Morgan fingerprint density at radius 1 is 1.50 bits per heavy atom. The van der Waals surface area contributed by atoms with E-state index < -0.39 is 0 Å². The lowest BCUT2D eigenvalue weighted by atomic mass is 10.4. The number of H-pyrrole nitrogens is 1. The van der Waals surface area contributed by atoms with Gasteiger partial charge in [-0.05, 0) is 13.0 Å². The smallest absolute Gasteiger partial charge is 0.104 e. The molecule has 0 spiro atoms. The van der Waals surface area contributed by atoms with Gasteiger partial charge in [-0.1, -0.05) is 0 Å². The largest absolute Gasteiger partial charge is 0.380 e. The van der Waals surface area contributed by atoms with Crippen molar-refractivity contribution in [1.29, 1.82) is 0 Å². The van der Waals surface area contributed by atoms with Gasteiger partial charge >= 0.3 is 0 Å². The van der Waals surface area contributed by atoms with Crippen LogP contribution < -0.4 is 16.0 Å². The maximum absolute atomic E-state index is 4.24. The Morgan fingerprint density at radius 2 is 2.40 bits per heavy atom. The van der Waals surface area contributed by atoms with Gasteiger partial charge in [-0.15, -0.1) is 0 Å².